The molecule has 0 saturated carbocycles. The number of esters is 2. The van der Waals surface area contributed by atoms with Crippen molar-refractivity contribution in [1.29, 1.82) is 0 Å². The largest absolute Gasteiger partial charge is 0.462 e. The highest BCUT2D eigenvalue weighted by Crippen LogP contribution is 2.26. The minimum Gasteiger partial charge on any atom is -0.462 e. The van der Waals surface area contributed by atoms with Crippen LogP contribution in [0, 0.1) is 0 Å². The first-order valence-electron chi connectivity index (χ1n) is 24.9. The van der Waals surface area contributed by atoms with E-state index in [2.05, 4.69) is 50.3 Å². The fourth-order valence-electron chi connectivity index (χ4n) is 7.47. The van der Waals surface area contributed by atoms with Gasteiger partial charge in [-0.1, -0.05) is 164 Å². The molecular weight excluding hydrogens is 853 g/mol. The fraction of sp³-hybridized carbons (Fsp3) is 0.765. The molecular formula is C51H86O15. The van der Waals surface area contributed by atoms with E-state index >= 15 is 0 Å². The van der Waals surface area contributed by atoms with Crippen molar-refractivity contribution >= 4 is 11.9 Å². The Hall–Kier alpha value is -2.80. The van der Waals surface area contributed by atoms with Gasteiger partial charge in [0.05, 0.1) is 26.2 Å². The molecule has 2 rings (SSSR count). The Morgan fingerprint density at radius 3 is 1.44 bits per heavy atom. The number of carbonyl (C=O) groups is 2. The average molecular weight is 939 g/mol. The van der Waals surface area contributed by atoms with Crippen molar-refractivity contribution in [2.45, 2.75) is 223 Å². The third-order valence-corrected chi connectivity index (χ3v) is 11.5. The van der Waals surface area contributed by atoms with Crippen molar-refractivity contribution in [3.63, 3.8) is 0 Å². The molecule has 66 heavy (non-hydrogen) atoms. The van der Waals surface area contributed by atoms with Crippen LogP contribution < -0.4 is 0 Å². The Balaban J connectivity index is 1.86. The van der Waals surface area contributed by atoms with E-state index in [9.17, 15) is 45.3 Å². The number of aliphatic hydroxyl groups excluding tert-OH is 7. The van der Waals surface area contributed by atoms with E-state index in [1.807, 2.05) is 18.2 Å². The van der Waals surface area contributed by atoms with Gasteiger partial charge in [-0.15, -0.1) is 0 Å². The topological polar surface area (TPSA) is 231 Å². The number of hydrogen-bond acceptors (Lipinski definition) is 15. The van der Waals surface area contributed by atoms with Crippen molar-refractivity contribution < 1.29 is 73.8 Å². The number of hydrogen-bond donors (Lipinski definition) is 7. The van der Waals surface area contributed by atoms with Crippen LogP contribution in [0.2, 0.25) is 0 Å². The lowest BCUT2D eigenvalue weighted by Gasteiger charge is -2.42. The maximum Gasteiger partial charge on any atom is 0.310 e. The number of rotatable bonds is 37. The van der Waals surface area contributed by atoms with Gasteiger partial charge in [-0.25, -0.2) is 0 Å². The van der Waals surface area contributed by atoms with Gasteiger partial charge in [-0.3, -0.25) is 9.59 Å². The first-order valence-corrected chi connectivity index (χ1v) is 24.9. The molecule has 2 fully saturated rings. The molecule has 0 aromatic heterocycles. The molecule has 2 saturated heterocycles. The van der Waals surface area contributed by atoms with Gasteiger partial charge in [-0.05, 0) is 38.5 Å². The van der Waals surface area contributed by atoms with Crippen LogP contribution in [0.1, 0.15) is 155 Å². The van der Waals surface area contributed by atoms with E-state index in [-0.39, 0.29) is 19.4 Å². The Labute approximate surface area is 394 Å². The maximum absolute atomic E-state index is 12.9. The zero-order valence-corrected chi connectivity index (χ0v) is 39.9. The van der Waals surface area contributed by atoms with Crippen molar-refractivity contribution in [1.82, 2.24) is 0 Å². The lowest BCUT2D eigenvalue weighted by atomic mass is 9.98. The van der Waals surface area contributed by atoms with Gasteiger partial charge < -0.3 is 64.2 Å². The maximum atomic E-state index is 12.9. The van der Waals surface area contributed by atoms with Gasteiger partial charge in [0.15, 0.2) is 18.7 Å². The molecule has 0 aromatic carbocycles. The molecule has 11 unspecified atom stereocenters. The summed E-state index contributed by atoms with van der Waals surface area (Å²) in [5.74, 6) is -1.07. The van der Waals surface area contributed by atoms with Gasteiger partial charge in [0.1, 0.15) is 55.4 Å². The smallest absolute Gasteiger partial charge is 0.310 e. The van der Waals surface area contributed by atoms with E-state index in [4.69, 9.17) is 28.4 Å². The summed E-state index contributed by atoms with van der Waals surface area (Å²) in [5, 5.41) is 72.0. The zero-order valence-electron chi connectivity index (χ0n) is 39.9. The molecule has 0 bridgehead atoms. The highest BCUT2D eigenvalue weighted by atomic mass is 16.7. The summed E-state index contributed by atoms with van der Waals surface area (Å²) in [4.78, 5) is 25.7. The highest BCUT2D eigenvalue weighted by molar-refractivity contribution is 5.71. The Kier molecular flexibility index (Phi) is 34.2. The lowest BCUT2D eigenvalue weighted by molar-refractivity contribution is -0.332. The van der Waals surface area contributed by atoms with E-state index in [1.54, 1.807) is 6.08 Å². The summed E-state index contributed by atoms with van der Waals surface area (Å²) < 4.78 is 33.4. The van der Waals surface area contributed by atoms with Crippen LogP contribution in [-0.4, -0.2) is 142 Å². The molecule has 11 atom stereocenters. The molecule has 7 N–H and O–H groups in total. The van der Waals surface area contributed by atoms with Crippen LogP contribution in [-0.2, 0) is 38.0 Å². The van der Waals surface area contributed by atoms with Crippen LogP contribution in [0.4, 0.5) is 0 Å². The van der Waals surface area contributed by atoms with E-state index < -0.39 is 99.3 Å². The first kappa shape index (κ1) is 59.3. The van der Waals surface area contributed by atoms with Gasteiger partial charge in [0, 0.05) is 6.42 Å². The minimum atomic E-state index is -1.78. The van der Waals surface area contributed by atoms with E-state index in [0.717, 1.165) is 44.9 Å². The number of aliphatic hydroxyl groups is 7. The number of carbonyl (C=O) groups excluding carboxylic acids is 2. The fourth-order valence-corrected chi connectivity index (χ4v) is 7.47. The molecule has 2 aliphatic rings. The second-order valence-corrected chi connectivity index (χ2v) is 17.3. The molecule has 15 nitrogen and oxygen atoms in total. The summed E-state index contributed by atoms with van der Waals surface area (Å²) in [7, 11) is 0. The Morgan fingerprint density at radius 1 is 0.500 bits per heavy atom. The predicted octanol–water partition coefficient (Wildman–Crippen LogP) is 6.49. The number of allylic oxidation sites excluding steroid dienone is 9. The minimum absolute atomic E-state index is 0.0675. The van der Waals surface area contributed by atoms with Crippen LogP contribution in [0.5, 0.6) is 0 Å². The van der Waals surface area contributed by atoms with E-state index in [0.29, 0.717) is 12.8 Å². The van der Waals surface area contributed by atoms with Gasteiger partial charge >= 0.3 is 11.9 Å². The quantitative estimate of drug-likeness (QED) is 0.0201. The van der Waals surface area contributed by atoms with Crippen molar-refractivity contribution in [3.05, 3.63) is 60.8 Å². The summed E-state index contributed by atoms with van der Waals surface area (Å²) in [5.41, 5.74) is 0. The second kappa shape index (κ2) is 38.1. The molecule has 15 heteroatoms. The molecule has 0 aromatic rings. The standard InChI is InChI=1S/C51H86O15/c1-3-5-7-9-11-13-15-17-19-21-23-25-27-29-31-33-42(53)61-36-39(64-43(54)34-32-30-28-26-24-22-20-18-16-14-12-10-8-6-4-2)37-62-50-49(60)47(58)45(56)41(66-50)38-63-51-48(59)46(57)44(55)40(35-52)65-51/h6,8,12,14,18,20,24,26,30,32,39-41,44-52,55-60H,3-5,7,9-11,13,15-17,19,21-23,25,27-29,31,33-38H2,1-2H3/b8-6-,14-12-,20-18-,26-24-,32-30-. The molecule has 0 amide bonds. The van der Waals surface area contributed by atoms with Crippen molar-refractivity contribution in [2.24, 2.45) is 0 Å². The lowest BCUT2D eigenvalue weighted by Crippen LogP contribution is -2.61. The summed E-state index contributed by atoms with van der Waals surface area (Å²) in [6, 6.07) is 0. The Bertz CT molecular complexity index is 1380. The third-order valence-electron chi connectivity index (χ3n) is 11.5. The molecule has 2 aliphatic heterocycles. The monoisotopic (exact) mass is 939 g/mol. The van der Waals surface area contributed by atoms with Gasteiger partial charge in [0.25, 0.3) is 0 Å². The molecule has 0 radical (unpaired) electrons. The first-order chi connectivity index (χ1) is 32.0. The van der Waals surface area contributed by atoms with Gasteiger partial charge in [0.2, 0.25) is 0 Å². The highest BCUT2D eigenvalue weighted by Gasteiger charge is 2.47. The van der Waals surface area contributed by atoms with Gasteiger partial charge in [-0.2, -0.15) is 0 Å². The van der Waals surface area contributed by atoms with Crippen LogP contribution in [0.25, 0.3) is 0 Å². The van der Waals surface area contributed by atoms with Crippen molar-refractivity contribution in [2.75, 3.05) is 26.4 Å². The van der Waals surface area contributed by atoms with Crippen LogP contribution in [0.15, 0.2) is 60.8 Å². The zero-order chi connectivity index (χ0) is 48.2. The third kappa shape index (κ3) is 26.1. The molecule has 0 aliphatic carbocycles. The second-order valence-electron chi connectivity index (χ2n) is 17.3. The average Bonchev–Trinajstić information content (AvgIpc) is 3.31. The van der Waals surface area contributed by atoms with Crippen LogP contribution in [0.3, 0.4) is 0 Å². The SMILES string of the molecule is CC/C=C\C/C=C\C/C=C\C/C=C\C/C=C\CC(=O)OC(COC(=O)CCCCCCCCCCCCCCCCC)COC1OC(COC2OC(CO)C(O)C(O)C2O)C(O)C(O)C1O. The van der Waals surface area contributed by atoms with E-state index in [1.165, 1.54) is 70.6 Å². The summed E-state index contributed by atoms with van der Waals surface area (Å²) >= 11 is 0. The van der Waals surface area contributed by atoms with Crippen LogP contribution >= 0.6 is 0 Å². The Morgan fingerprint density at radius 2 is 0.939 bits per heavy atom. The number of ether oxygens (including phenoxy) is 6. The van der Waals surface area contributed by atoms with Crippen molar-refractivity contribution in [3.8, 4) is 0 Å². The normalized spacial score (nSPS) is 26.7. The number of unbranched alkanes of at least 4 members (excludes halogenated alkanes) is 14. The summed E-state index contributed by atoms with van der Waals surface area (Å²) in [6.07, 6.45) is 25.7. The predicted molar refractivity (Wildman–Crippen MR) is 252 cm³/mol. The molecule has 380 valence electrons. The summed E-state index contributed by atoms with van der Waals surface area (Å²) in [6.45, 7) is 2.36. The molecule has 0 spiro atoms. The molecule has 2 heterocycles.